The first-order valence-corrected chi connectivity index (χ1v) is 6.44. The summed E-state index contributed by atoms with van der Waals surface area (Å²) in [4.78, 5) is 12.1. The largest absolute Gasteiger partial charge is 0.288 e. The van der Waals surface area contributed by atoms with Gasteiger partial charge in [-0.05, 0) is 60.4 Å². The van der Waals surface area contributed by atoms with Crippen LogP contribution >= 0.6 is 22.6 Å². The Kier molecular flexibility index (Phi) is 3.74. The summed E-state index contributed by atoms with van der Waals surface area (Å²) in [6.07, 6.45) is 4.36. The highest BCUT2D eigenvalue weighted by Gasteiger charge is 2.17. The molecule has 1 nitrogen and oxygen atoms in total. The summed E-state index contributed by atoms with van der Waals surface area (Å²) in [6, 6.07) is 5.90. The minimum absolute atomic E-state index is 0.0444. The van der Waals surface area contributed by atoms with E-state index in [1.807, 2.05) is 0 Å². The van der Waals surface area contributed by atoms with Crippen LogP contribution in [-0.4, -0.2) is 5.78 Å². The third-order valence-corrected chi connectivity index (χ3v) is 4.06. The molecule has 2 rings (SSSR count). The quantitative estimate of drug-likeness (QED) is 0.450. The lowest BCUT2D eigenvalue weighted by Gasteiger charge is -2.03. The minimum atomic E-state index is -0.355. The Bertz CT molecular complexity index is 443. The van der Waals surface area contributed by atoms with Crippen LogP contribution in [0.3, 0.4) is 0 Å². The predicted molar refractivity (Wildman–Crippen MR) is 70.2 cm³/mol. The molecular formula is C13H12FIO. The van der Waals surface area contributed by atoms with Gasteiger partial charge in [0.15, 0.2) is 5.78 Å². The number of carbonyl (C=O) groups excluding carboxylic acids is 1. The Balaban J connectivity index is 2.28. The van der Waals surface area contributed by atoms with E-state index in [4.69, 9.17) is 0 Å². The van der Waals surface area contributed by atoms with E-state index in [0.717, 1.165) is 29.3 Å². The number of allylic oxidation sites excluding steroid dienone is 2. The summed E-state index contributed by atoms with van der Waals surface area (Å²) in [7, 11) is 0. The Morgan fingerprint density at radius 1 is 1.25 bits per heavy atom. The lowest BCUT2D eigenvalue weighted by Crippen LogP contribution is -2.01. The first kappa shape index (κ1) is 11.8. The maximum atomic E-state index is 13.0. The zero-order valence-corrected chi connectivity index (χ0v) is 11.0. The highest BCUT2D eigenvalue weighted by molar-refractivity contribution is 14.1. The van der Waals surface area contributed by atoms with Crippen LogP contribution in [0.5, 0.6) is 0 Å². The normalized spacial score (nSPS) is 15.2. The number of ketones is 1. The Morgan fingerprint density at radius 3 is 2.56 bits per heavy atom. The van der Waals surface area contributed by atoms with Crippen molar-refractivity contribution in [1.82, 2.24) is 0 Å². The minimum Gasteiger partial charge on any atom is -0.288 e. The third kappa shape index (κ3) is 2.51. The van der Waals surface area contributed by atoms with Gasteiger partial charge in [-0.15, -0.1) is 0 Å². The van der Waals surface area contributed by atoms with Crippen LogP contribution in [0.2, 0.25) is 0 Å². The highest BCUT2D eigenvalue weighted by atomic mass is 127. The van der Waals surface area contributed by atoms with Crippen LogP contribution in [0.1, 0.15) is 36.0 Å². The van der Waals surface area contributed by atoms with E-state index in [1.165, 1.54) is 17.7 Å². The van der Waals surface area contributed by atoms with Gasteiger partial charge >= 0.3 is 0 Å². The van der Waals surface area contributed by atoms with E-state index in [2.05, 4.69) is 22.6 Å². The van der Waals surface area contributed by atoms with Crippen molar-refractivity contribution < 1.29 is 9.18 Å². The Labute approximate surface area is 108 Å². The van der Waals surface area contributed by atoms with E-state index < -0.39 is 0 Å². The van der Waals surface area contributed by atoms with Gasteiger partial charge in [0.2, 0.25) is 0 Å². The molecule has 0 saturated heterocycles. The SMILES string of the molecule is O=C(C(I)=C1CCCC1)c1cccc(F)c1. The summed E-state index contributed by atoms with van der Waals surface area (Å²) < 4.78 is 13.8. The number of hydrogen-bond acceptors (Lipinski definition) is 1. The molecule has 1 aromatic carbocycles. The fourth-order valence-electron chi connectivity index (χ4n) is 1.94. The Morgan fingerprint density at radius 2 is 1.94 bits per heavy atom. The first-order valence-electron chi connectivity index (χ1n) is 5.36. The smallest absolute Gasteiger partial charge is 0.199 e. The molecule has 0 atom stereocenters. The number of Topliss-reactive ketones (excluding diaryl/α,β-unsaturated/α-hetero) is 1. The summed E-state index contributed by atoms with van der Waals surface area (Å²) in [5.74, 6) is -0.400. The number of carbonyl (C=O) groups is 1. The van der Waals surface area contributed by atoms with Gasteiger partial charge in [0.05, 0.1) is 3.58 Å². The molecule has 0 amide bonds. The highest BCUT2D eigenvalue weighted by Crippen LogP contribution is 2.31. The van der Waals surface area contributed by atoms with Gasteiger partial charge in [0.1, 0.15) is 5.82 Å². The topological polar surface area (TPSA) is 17.1 Å². The molecule has 0 spiro atoms. The monoisotopic (exact) mass is 330 g/mol. The molecule has 0 unspecified atom stereocenters. The van der Waals surface area contributed by atoms with Crippen molar-refractivity contribution in [2.24, 2.45) is 0 Å². The van der Waals surface area contributed by atoms with Crippen molar-refractivity contribution in [3.63, 3.8) is 0 Å². The molecule has 0 bridgehead atoms. The second-order valence-electron chi connectivity index (χ2n) is 3.96. The summed E-state index contributed by atoms with van der Waals surface area (Å²) >= 11 is 2.09. The van der Waals surface area contributed by atoms with Gasteiger partial charge in [-0.1, -0.05) is 17.7 Å². The van der Waals surface area contributed by atoms with Gasteiger partial charge in [-0.25, -0.2) is 4.39 Å². The van der Waals surface area contributed by atoms with Gasteiger partial charge in [-0.3, -0.25) is 4.79 Å². The molecule has 84 valence electrons. The standard InChI is InChI=1S/C13H12FIO/c14-11-7-3-6-10(8-11)13(16)12(15)9-4-1-2-5-9/h3,6-8H,1-2,4-5H2. The Hall–Kier alpha value is -0.710. The molecule has 0 radical (unpaired) electrons. The van der Waals surface area contributed by atoms with Gasteiger partial charge in [0.25, 0.3) is 0 Å². The fourth-order valence-corrected chi connectivity index (χ4v) is 2.79. The van der Waals surface area contributed by atoms with E-state index in [0.29, 0.717) is 5.56 Å². The molecule has 1 aliphatic rings. The number of hydrogen-bond donors (Lipinski definition) is 0. The van der Waals surface area contributed by atoms with Crippen LogP contribution in [0, 0.1) is 5.82 Å². The average molecular weight is 330 g/mol. The van der Waals surface area contributed by atoms with Crippen molar-refractivity contribution in [1.29, 1.82) is 0 Å². The molecule has 16 heavy (non-hydrogen) atoms. The fraction of sp³-hybridized carbons (Fsp3) is 0.308. The van der Waals surface area contributed by atoms with Crippen molar-refractivity contribution in [2.75, 3.05) is 0 Å². The number of halogens is 2. The van der Waals surface area contributed by atoms with E-state index >= 15 is 0 Å². The third-order valence-electron chi connectivity index (χ3n) is 2.80. The molecule has 0 N–H and O–H groups in total. The average Bonchev–Trinajstić information content (AvgIpc) is 2.80. The lowest BCUT2D eigenvalue weighted by atomic mass is 10.1. The van der Waals surface area contributed by atoms with Crippen molar-refractivity contribution in [3.05, 3.63) is 44.8 Å². The molecule has 0 aliphatic heterocycles. The maximum Gasteiger partial charge on any atom is 0.199 e. The zero-order chi connectivity index (χ0) is 11.5. The van der Waals surface area contributed by atoms with Crippen LogP contribution in [0.25, 0.3) is 0 Å². The predicted octanol–water partition coefficient (Wildman–Crippen LogP) is 4.27. The number of benzene rings is 1. The maximum absolute atomic E-state index is 13.0. The summed E-state index contributed by atoms with van der Waals surface area (Å²) in [6.45, 7) is 0. The van der Waals surface area contributed by atoms with Gasteiger partial charge in [-0.2, -0.15) is 0 Å². The molecule has 3 heteroatoms. The molecule has 1 fully saturated rings. The van der Waals surface area contributed by atoms with Crippen LogP contribution in [0.15, 0.2) is 33.4 Å². The molecule has 1 aromatic rings. The first-order chi connectivity index (χ1) is 7.68. The molecule has 1 saturated carbocycles. The van der Waals surface area contributed by atoms with Gasteiger partial charge < -0.3 is 0 Å². The van der Waals surface area contributed by atoms with Crippen LogP contribution in [-0.2, 0) is 0 Å². The van der Waals surface area contributed by atoms with Crippen LogP contribution < -0.4 is 0 Å². The molecule has 0 heterocycles. The number of rotatable bonds is 2. The van der Waals surface area contributed by atoms with Crippen molar-refractivity contribution >= 4 is 28.4 Å². The lowest BCUT2D eigenvalue weighted by molar-refractivity contribution is 0.104. The van der Waals surface area contributed by atoms with Crippen molar-refractivity contribution in [2.45, 2.75) is 25.7 Å². The van der Waals surface area contributed by atoms with E-state index in [9.17, 15) is 9.18 Å². The molecule has 1 aliphatic carbocycles. The molecular weight excluding hydrogens is 318 g/mol. The summed E-state index contributed by atoms with van der Waals surface area (Å²) in [5.41, 5.74) is 1.68. The van der Waals surface area contributed by atoms with Crippen LogP contribution in [0.4, 0.5) is 4.39 Å². The van der Waals surface area contributed by atoms with Crippen molar-refractivity contribution in [3.8, 4) is 0 Å². The van der Waals surface area contributed by atoms with Gasteiger partial charge in [0, 0.05) is 5.56 Å². The molecule has 0 aromatic heterocycles. The second-order valence-corrected chi connectivity index (χ2v) is 5.04. The van der Waals surface area contributed by atoms with E-state index in [1.54, 1.807) is 12.1 Å². The second kappa shape index (κ2) is 5.08. The summed E-state index contributed by atoms with van der Waals surface area (Å²) in [5, 5.41) is 0. The zero-order valence-electron chi connectivity index (χ0n) is 8.80. The van der Waals surface area contributed by atoms with E-state index in [-0.39, 0.29) is 11.6 Å².